The molecule has 0 atom stereocenters. The van der Waals surface area contributed by atoms with Crippen LogP contribution in [-0.2, 0) is 13.6 Å². The number of hydrogen-bond acceptors (Lipinski definition) is 4. The summed E-state index contributed by atoms with van der Waals surface area (Å²) in [5.41, 5.74) is 4.65. The summed E-state index contributed by atoms with van der Waals surface area (Å²) in [6.45, 7) is 4.60. The summed E-state index contributed by atoms with van der Waals surface area (Å²) in [5, 5.41) is 11.9. The van der Waals surface area contributed by atoms with Crippen molar-refractivity contribution in [2.45, 2.75) is 20.4 Å². The van der Waals surface area contributed by atoms with Crippen molar-refractivity contribution in [3.8, 4) is 5.69 Å². The first-order valence-electron chi connectivity index (χ1n) is 7.55. The Labute approximate surface area is 148 Å². The van der Waals surface area contributed by atoms with Gasteiger partial charge in [0.25, 0.3) is 5.56 Å². The Morgan fingerprint density at radius 2 is 1.92 bits per heavy atom. The average Bonchev–Trinajstić information content (AvgIpc) is 2.87. The molecule has 0 bridgehead atoms. The van der Waals surface area contributed by atoms with Crippen LogP contribution in [0.4, 0.5) is 5.69 Å². The number of rotatable bonds is 4. The van der Waals surface area contributed by atoms with Crippen molar-refractivity contribution in [3.05, 3.63) is 68.3 Å². The first-order valence-corrected chi connectivity index (χ1v) is 8.34. The Morgan fingerprint density at radius 3 is 2.62 bits per heavy atom. The number of para-hydroxylation sites is 1. The largest absolute Gasteiger partial charge is 0.378 e. The summed E-state index contributed by atoms with van der Waals surface area (Å²) in [6, 6.07) is 10.0. The van der Waals surface area contributed by atoms with Crippen molar-refractivity contribution in [2.75, 3.05) is 5.32 Å². The molecule has 0 aliphatic carbocycles. The highest BCUT2D eigenvalue weighted by Crippen LogP contribution is 2.21. The van der Waals surface area contributed by atoms with E-state index in [1.54, 1.807) is 13.2 Å². The van der Waals surface area contributed by atoms with E-state index in [0.717, 1.165) is 22.6 Å². The van der Waals surface area contributed by atoms with Crippen molar-refractivity contribution in [2.24, 2.45) is 7.05 Å². The Hall–Kier alpha value is -2.41. The average molecular weight is 388 g/mol. The standard InChI is InChI=1S/C17H18BrN5O/c1-11-14(9-19-15-10-20-22(3)17(24)16(15)18)12(2)23(21-11)13-7-5-4-6-8-13/h4-8,10,19H,9H2,1-3H3. The van der Waals surface area contributed by atoms with Crippen LogP contribution < -0.4 is 10.9 Å². The maximum absolute atomic E-state index is 11.9. The molecule has 0 saturated heterocycles. The highest BCUT2D eigenvalue weighted by molar-refractivity contribution is 9.10. The van der Waals surface area contributed by atoms with Crippen molar-refractivity contribution in [3.63, 3.8) is 0 Å². The number of benzene rings is 1. The van der Waals surface area contributed by atoms with Crippen LogP contribution >= 0.6 is 15.9 Å². The second-order valence-corrected chi connectivity index (χ2v) is 6.34. The van der Waals surface area contributed by atoms with Gasteiger partial charge in [-0.2, -0.15) is 10.2 Å². The van der Waals surface area contributed by atoms with Gasteiger partial charge < -0.3 is 5.32 Å². The van der Waals surface area contributed by atoms with Gasteiger partial charge in [-0.25, -0.2) is 9.36 Å². The third-order valence-electron chi connectivity index (χ3n) is 3.98. The predicted octanol–water partition coefficient (Wildman–Crippen LogP) is 2.96. The summed E-state index contributed by atoms with van der Waals surface area (Å²) in [4.78, 5) is 11.9. The summed E-state index contributed by atoms with van der Waals surface area (Å²) >= 11 is 3.33. The molecule has 7 heteroatoms. The number of nitrogens with zero attached hydrogens (tertiary/aromatic N) is 4. The lowest BCUT2D eigenvalue weighted by molar-refractivity contribution is 0.703. The molecule has 0 aliphatic rings. The summed E-state index contributed by atoms with van der Waals surface area (Å²) in [5.74, 6) is 0. The van der Waals surface area contributed by atoms with Crippen LogP contribution in [-0.4, -0.2) is 19.6 Å². The number of nitrogens with one attached hydrogen (secondary N) is 1. The highest BCUT2D eigenvalue weighted by atomic mass is 79.9. The zero-order valence-corrected chi connectivity index (χ0v) is 15.3. The van der Waals surface area contributed by atoms with E-state index in [4.69, 9.17) is 0 Å². The zero-order valence-electron chi connectivity index (χ0n) is 13.7. The summed E-state index contributed by atoms with van der Waals surface area (Å²) in [7, 11) is 1.62. The van der Waals surface area contributed by atoms with E-state index in [2.05, 4.69) is 31.4 Å². The van der Waals surface area contributed by atoms with Gasteiger partial charge in [-0.05, 0) is 41.9 Å². The number of aromatic nitrogens is 4. The molecule has 124 valence electrons. The van der Waals surface area contributed by atoms with Crippen molar-refractivity contribution < 1.29 is 0 Å². The molecule has 0 amide bonds. The molecule has 6 nitrogen and oxygen atoms in total. The van der Waals surface area contributed by atoms with Crippen LogP contribution in [0, 0.1) is 13.8 Å². The first-order chi connectivity index (χ1) is 11.5. The van der Waals surface area contributed by atoms with Gasteiger partial charge in [-0.3, -0.25) is 4.79 Å². The lowest BCUT2D eigenvalue weighted by atomic mass is 10.2. The quantitative estimate of drug-likeness (QED) is 0.747. The maximum atomic E-state index is 11.9. The predicted molar refractivity (Wildman–Crippen MR) is 97.5 cm³/mol. The molecule has 2 heterocycles. The fourth-order valence-corrected chi connectivity index (χ4v) is 3.07. The van der Waals surface area contributed by atoms with Crippen LogP contribution in [0.15, 0.2) is 45.8 Å². The second kappa shape index (κ2) is 6.60. The van der Waals surface area contributed by atoms with Gasteiger partial charge in [0.1, 0.15) is 4.47 Å². The minimum absolute atomic E-state index is 0.173. The topological polar surface area (TPSA) is 64.7 Å². The van der Waals surface area contributed by atoms with Crippen LogP contribution in [0.3, 0.4) is 0 Å². The van der Waals surface area contributed by atoms with Gasteiger partial charge in [-0.1, -0.05) is 18.2 Å². The normalized spacial score (nSPS) is 10.8. The summed E-state index contributed by atoms with van der Waals surface area (Å²) < 4.78 is 3.70. The number of aryl methyl sites for hydroxylation is 2. The molecule has 0 spiro atoms. The lowest BCUT2D eigenvalue weighted by Crippen LogP contribution is -2.21. The third-order valence-corrected chi connectivity index (χ3v) is 4.74. The van der Waals surface area contributed by atoms with Gasteiger partial charge >= 0.3 is 0 Å². The minimum atomic E-state index is -0.173. The molecule has 24 heavy (non-hydrogen) atoms. The molecule has 0 radical (unpaired) electrons. The second-order valence-electron chi connectivity index (χ2n) is 5.55. The molecular weight excluding hydrogens is 370 g/mol. The van der Waals surface area contributed by atoms with Crippen molar-refractivity contribution >= 4 is 21.6 Å². The third kappa shape index (κ3) is 2.99. The van der Waals surface area contributed by atoms with Crippen molar-refractivity contribution in [1.29, 1.82) is 0 Å². The van der Waals surface area contributed by atoms with Crippen molar-refractivity contribution in [1.82, 2.24) is 19.6 Å². The van der Waals surface area contributed by atoms with E-state index >= 15 is 0 Å². The van der Waals surface area contributed by atoms with E-state index in [-0.39, 0.29) is 5.56 Å². The van der Waals surface area contributed by atoms with E-state index in [0.29, 0.717) is 16.7 Å². The molecule has 0 fully saturated rings. The molecule has 2 aromatic heterocycles. The number of anilines is 1. The molecule has 3 aromatic rings. The smallest absolute Gasteiger partial charge is 0.282 e. The van der Waals surface area contributed by atoms with Gasteiger partial charge in [-0.15, -0.1) is 0 Å². The Balaban J connectivity index is 1.88. The summed E-state index contributed by atoms with van der Waals surface area (Å²) in [6.07, 6.45) is 1.64. The van der Waals surface area contributed by atoms with E-state index in [9.17, 15) is 4.79 Å². The monoisotopic (exact) mass is 387 g/mol. The molecular formula is C17H18BrN5O. The molecule has 0 saturated carbocycles. The van der Waals surface area contributed by atoms with E-state index < -0.39 is 0 Å². The molecule has 0 unspecified atom stereocenters. The SMILES string of the molecule is Cc1nn(-c2ccccc2)c(C)c1CNc1cnn(C)c(=O)c1Br. The lowest BCUT2D eigenvalue weighted by Gasteiger charge is -2.09. The number of halogens is 1. The zero-order chi connectivity index (χ0) is 17.3. The highest BCUT2D eigenvalue weighted by Gasteiger charge is 2.14. The van der Waals surface area contributed by atoms with Crippen LogP contribution in [0.25, 0.3) is 5.69 Å². The van der Waals surface area contributed by atoms with Gasteiger partial charge in [0.15, 0.2) is 0 Å². The number of hydrogen-bond donors (Lipinski definition) is 1. The van der Waals surface area contributed by atoms with E-state index in [1.807, 2.05) is 48.9 Å². The Bertz CT molecular complexity index is 930. The van der Waals surface area contributed by atoms with Crippen LogP contribution in [0.2, 0.25) is 0 Å². The Morgan fingerprint density at radius 1 is 1.21 bits per heavy atom. The fourth-order valence-electron chi connectivity index (χ4n) is 2.57. The molecule has 1 N–H and O–H groups in total. The van der Waals surface area contributed by atoms with Gasteiger partial charge in [0.05, 0.1) is 23.3 Å². The minimum Gasteiger partial charge on any atom is -0.378 e. The van der Waals surface area contributed by atoms with Crippen LogP contribution in [0.1, 0.15) is 17.0 Å². The van der Waals surface area contributed by atoms with Gasteiger partial charge in [0.2, 0.25) is 0 Å². The molecule has 0 aliphatic heterocycles. The van der Waals surface area contributed by atoms with Gasteiger partial charge in [0, 0.05) is 24.8 Å². The first kappa shape index (κ1) is 16.4. The molecule has 1 aromatic carbocycles. The fraction of sp³-hybridized carbons (Fsp3) is 0.235. The Kier molecular flexibility index (Phi) is 4.53. The maximum Gasteiger partial charge on any atom is 0.282 e. The molecule has 3 rings (SSSR count). The van der Waals surface area contributed by atoms with E-state index in [1.165, 1.54) is 4.68 Å². The van der Waals surface area contributed by atoms with Crippen LogP contribution in [0.5, 0.6) is 0 Å².